The van der Waals surface area contributed by atoms with Crippen molar-refractivity contribution >= 4 is 62.3 Å². The van der Waals surface area contributed by atoms with Crippen LogP contribution in [0.4, 0.5) is 0 Å². The lowest BCUT2D eigenvalue weighted by molar-refractivity contribution is 0.788. The third kappa shape index (κ3) is 2.18. The van der Waals surface area contributed by atoms with Crippen molar-refractivity contribution < 1.29 is 0 Å². The zero-order valence-electron chi connectivity index (χ0n) is 7.87. The van der Waals surface area contributed by atoms with E-state index in [9.17, 15) is 0 Å². The average Bonchev–Trinajstić information content (AvgIpc) is 2.39. The summed E-state index contributed by atoms with van der Waals surface area (Å²) in [6, 6.07) is 10.3. The zero-order valence-corrected chi connectivity index (χ0v) is 12.3. The van der Waals surface area contributed by atoms with E-state index in [1.807, 2.05) is 18.2 Å². The van der Waals surface area contributed by atoms with E-state index in [0.29, 0.717) is 0 Å². The molecule has 82 valence electrons. The van der Waals surface area contributed by atoms with Gasteiger partial charge in [-0.3, -0.25) is 0 Å². The molecule has 0 N–H and O–H groups in total. The molecular formula is C10H12S5. The lowest BCUT2D eigenvalue weighted by Crippen LogP contribution is -2.36. The minimum Gasteiger partial charge on any atom is -0.159 e. The molecule has 0 spiro atoms. The highest BCUT2D eigenvalue weighted by atomic mass is 32.2. The van der Waals surface area contributed by atoms with Gasteiger partial charge in [0, 0.05) is 5.75 Å². The maximum atomic E-state index is 4.63. The minimum atomic E-state index is -0.509. The molecule has 0 radical (unpaired) electrons. The Labute approximate surface area is 117 Å². The smallest absolute Gasteiger partial charge is 0.0952 e. The Morgan fingerprint density at radius 1 is 1.07 bits per heavy atom. The molecule has 1 aliphatic heterocycles. The van der Waals surface area contributed by atoms with Crippen molar-refractivity contribution in [2.24, 2.45) is 0 Å². The van der Waals surface area contributed by atoms with Crippen molar-refractivity contribution in [2.75, 3.05) is 5.75 Å². The van der Waals surface area contributed by atoms with Gasteiger partial charge in [-0.25, -0.2) is 0 Å². The molecule has 0 saturated carbocycles. The fourth-order valence-corrected chi connectivity index (χ4v) is 5.00. The number of hydrogen-bond acceptors (Lipinski definition) is 5. The first-order valence-electron chi connectivity index (χ1n) is 4.51. The second-order valence-electron chi connectivity index (χ2n) is 3.64. The minimum absolute atomic E-state index is 0.223. The molecule has 1 aromatic carbocycles. The van der Waals surface area contributed by atoms with E-state index >= 15 is 0 Å². The van der Waals surface area contributed by atoms with E-state index in [1.54, 1.807) is 11.8 Å². The summed E-state index contributed by atoms with van der Waals surface area (Å²) in [5.74, 6) is 0.839. The van der Waals surface area contributed by atoms with E-state index in [1.165, 1.54) is 5.56 Å². The fourth-order valence-electron chi connectivity index (χ4n) is 1.59. The summed E-state index contributed by atoms with van der Waals surface area (Å²) in [6.45, 7) is 0. The van der Waals surface area contributed by atoms with Gasteiger partial charge >= 0.3 is 0 Å². The molecule has 2 rings (SSSR count). The molecule has 0 nitrogen and oxygen atoms in total. The van der Waals surface area contributed by atoms with Crippen LogP contribution in [0.1, 0.15) is 10.8 Å². The average molecular weight is 293 g/mol. The maximum absolute atomic E-state index is 4.63. The Morgan fingerprint density at radius 2 is 1.67 bits per heavy atom. The Bertz CT molecular complexity index is 346. The van der Waals surface area contributed by atoms with Crippen LogP contribution in [-0.4, -0.2) is 13.9 Å². The number of benzene rings is 1. The van der Waals surface area contributed by atoms with Crippen LogP contribution in [0.5, 0.6) is 0 Å². The van der Waals surface area contributed by atoms with Crippen LogP contribution in [0.3, 0.4) is 0 Å². The highest BCUT2D eigenvalue weighted by Gasteiger charge is 2.53. The van der Waals surface area contributed by atoms with Crippen molar-refractivity contribution in [3.05, 3.63) is 35.9 Å². The van der Waals surface area contributed by atoms with Crippen molar-refractivity contribution in [3.63, 3.8) is 0 Å². The molecule has 15 heavy (non-hydrogen) atoms. The van der Waals surface area contributed by atoms with Gasteiger partial charge in [-0.2, -0.15) is 50.5 Å². The zero-order chi connectivity index (χ0) is 11.1. The van der Waals surface area contributed by atoms with E-state index < -0.39 is 8.16 Å². The van der Waals surface area contributed by atoms with E-state index in [2.05, 4.69) is 62.6 Å². The summed E-state index contributed by atoms with van der Waals surface area (Å²) in [5.41, 5.74) is 1.23. The predicted octanol–water partition coefficient (Wildman–Crippen LogP) is 3.59. The molecule has 0 bridgehead atoms. The van der Waals surface area contributed by atoms with Gasteiger partial charge in [-0.05, 0) is 5.56 Å². The number of hydrogen-bond donors (Lipinski definition) is 4. The quantitative estimate of drug-likeness (QED) is 0.453. The van der Waals surface area contributed by atoms with Gasteiger partial charge in [0.15, 0.2) is 0 Å². The van der Waals surface area contributed by atoms with Crippen LogP contribution in [0, 0.1) is 0 Å². The molecule has 0 aromatic heterocycles. The summed E-state index contributed by atoms with van der Waals surface area (Å²) in [4.78, 5) is 0. The molecule has 1 unspecified atom stereocenters. The van der Waals surface area contributed by atoms with Crippen LogP contribution < -0.4 is 0 Å². The lowest BCUT2D eigenvalue weighted by Gasteiger charge is -2.34. The first-order chi connectivity index (χ1) is 6.95. The third-order valence-corrected chi connectivity index (χ3v) is 7.85. The van der Waals surface area contributed by atoms with Crippen LogP contribution >= 0.6 is 62.3 Å². The summed E-state index contributed by atoms with van der Waals surface area (Å²) in [5, 5.41) is 0.223. The molecule has 1 fully saturated rings. The fraction of sp³-hybridized carbons (Fsp3) is 0.400. The van der Waals surface area contributed by atoms with Crippen molar-refractivity contribution in [2.45, 2.75) is 13.4 Å². The van der Waals surface area contributed by atoms with Gasteiger partial charge in [-0.15, -0.1) is 11.8 Å². The van der Waals surface area contributed by atoms with Crippen molar-refractivity contribution in [1.29, 1.82) is 0 Å². The Balaban J connectivity index is 2.34. The SMILES string of the molecule is SC1(S)CSC(c2ccccc2)C1(S)S. The topological polar surface area (TPSA) is 0 Å². The molecule has 1 heterocycles. The normalized spacial score (nSPS) is 27.9. The summed E-state index contributed by atoms with van der Waals surface area (Å²) >= 11 is 20.1. The first-order valence-corrected chi connectivity index (χ1v) is 7.35. The van der Waals surface area contributed by atoms with Gasteiger partial charge in [0.1, 0.15) is 0 Å². The molecule has 1 aliphatic rings. The maximum Gasteiger partial charge on any atom is 0.0952 e. The van der Waals surface area contributed by atoms with Gasteiger partial charge in [0.05, 0.1) is 13.4 Å². The Hall–Kier alpha value is 0.970. The number of thioether (sulfide) groups is 1. The van der Waals surface area contributed by atoms with E-state index in [4.69, 9.17) is 0 Å². The van der Waals surface area contributed by atoms with Gasteiger partial charge in [0.2, 0.25) is 0 Å². The highest BCUT2D eigenvalue weighted by Crippen LogP contribution is 2.61. The van der Waals surface area contributed by atoms with Crippen LogP contribution in [-0.2, 0) is 0 Å². The van der Waals surface area contributed by atoms with Gasteiger partial charge < -0.3 is 0 Å². The highest BCUT2D eigenvalue weighted by molar-refractivity contribution is 8.13. The second-order valence-corrected chi connectivity index (χ2v) is 8.38. The van der Waals surface area contributed by atoms with Gasteiger partial charge in [0.25, 0.3) is 0 Å². The van der Waals surface area contributed by atoms with Crippen molar-refractivity contribution in [1.82, 2.24) is 0 Å². The molecule has 0 amide bonds. The Kier molecular flexibility index (Phi) is 3.59. The summed E-state index contributed by atoms with van der Waals surface area (Å²) in [7, 11) is 0. The molecule has 0 aliphatic carbocycles. The molecule has 1 atom stereocenters. The standard InChI is InChI=1S/C10H12S5/c11-9(12)6-15-8(10(9,13)14)7-4-2-1-3-5-7/h1-5,8,11-14H,6H2. The number of rotatable bonds is 1. The van der Waals surface area contributed by atoms with Crippen LogP contribution in [0.15, 0.2) is 30.3 Å². The Morgan fingerprint density at radius 3 is 2.13 bits per heavy atom. The largest absolute Gasteiger partial charge is 0.159 e. The monoisotopic (exact) mass is 292 g/mol. The van der Waals surface area contributed by atoms with Gasteiger partial charge in [-0.1, -0.05) is 30.3 Å². The second kappa shape index (κ2) is 4.33. The predicted molar refractivity (Wildman–Crippen MR) is 83.0 cm³/mol. The van der Waals surface area contributed by atoms with E-state index in [0.717, 1.165) is 5.75 Å². The summed E-state index contributed by atoms with van der Waals surface area (Å²) in [6.07, 6.45) is 0. The first kappa shape index (κ1) is 12.4. The third-order valence-electron chi connectivity index (χ3n) is 2.51. The summed E-state index contributed by atoms with van der Waals surface area (Å²) < 4.78 is -0.963. The van der Waals surface area contributed by atoms with Crippen LogP contribution in [0.2, 0.25) is 0 Å². The molecule has 5 heteroatoms. The molecule has 1 saturated heterocycles. The number of thiol groups is 4. The molecular weight excluding hydrogens is 280 g/mol. The lowest BCUT2D eigenvalue weighted by atomic mass is 10.1. The molecule has 1 aromatic rings. The van der Waals surface area contributed by atoms with Crippen molar-refractivity contribution in [3.8, 4) is 0 Å². The van der Waals surface area contributed by atoms with E-state index in [-0.39, 0.29) is 5.25 Å². The van der Waals surface area contributed by atoms with Crippen LogP contribution in [0.25, 0.3) is 0 Å².